The van der Waals surface area contributed by atoms with Gasteiger partial charge in [-0.2, -0.15) is 0 Å². The lowest BCUT2D eigenvalue weighted by Gasteiger charge is -2.11. The van der Waals surface area contributed by atoms with Gasteiger partial charge in [-0.05, 0) is 26.2 Å². The molecule has 1 aliphatic carbocycles. The number of rotatable bonds is 5. The Bertz CT molecular complexity index is 439. The molecule has 0 aromatic rings. The number of Topliss-reactive ketones (excluding diaryl/α,β-unsaturated/α-hetero) is 2. The van der Waals surface area contributed by atoms with E-state index in [1.54, 1.807) is 0 Å². The topological polar surface area (TPSA) is 74.6 Å². The molecule has 0 radical (unpaired) electrons. The Kier molecular flexibility index (Phi) is 5.06. The van der Waals surface area contributed by atoms with Crippen molar-refractivity contribution in [3.8, 4) is 0 Å². The molecule has 0 bridgehead atoms. The third-order valence-electron chi connectivity index (χ3n) is 3.15. The van der Waals surface area contributed by atoms with Crippen LogP contribution in [0.2, 0.25) is 0 Å². The van der Waals surface area contributed by atoms with Crippen LogP contribution in [0, 0.1) is 11.8 Å². The lowest BCUT2D eigenvalue weighted by Crippen LogP contribution is -2.23. The first-order chi connectivity index (χ1) is 8.75. The molecule has 0 amide bonds. The second-order valence-corrected chi connectivity index (χ2v) is 5.71. The summed E-state index contributed by atoms with van der Waals surface area (Å²) in [6.45, 7) is 7.52. The number of carbonyl (C=O) groups is 2. The van der Waals surface area contributed by atoms with Gasteiger partial charge in [-0.25, -0.2) is 0 Å². The first kappa shape index (κ1) is 15.6. The van der Waals surface area contributed by atoms with E-state index in [9.17, 15) is 19.8 Å². The highest BCUT2D eigenvalue weighted by Gasteiger charge is 2.43. The number of aliphatic hydroxyl groups is 2. The zero-order valence-electron chi connectivity index (χ0n) is 11.9. The van der Waals surface area contributed by atoms with Crippen LogP contribution in [0.15, 0.2) is 23.0 Å². The van der Waals surface area contributed by atoms with E-state index in [4.69, 9.17) is 0 Å². The molecule has 0 aromatic carbocycles. The van der Waals surface area contributed by atoms with Crippen molar-refractivity contribution in [1.29, 1.82) is 0 Å². The molecule has 0 aliphatic heterocycles. The highest BCUT2D eigenvalue weighted by atomic mass is 16.3. The Balaban J connectivity index is 2.92. The van der Waals surface area contributed by atoms with Gasteiger partial charge in [0.1, 0.15) is 17.4 Å². The number of ketones is 2. The quantitative estimate of drug-likeness (QED) is 0.591. The van der Waals surface area contributed by atoms with Gasteiger partial charge < -0.3 is 10.2 Å². The summed E-state index contributed by atoms with van der Waals surface area (Å²) in [5, 5.41) is 19.7. The molecule has 0 saturated heterocycles. The molecule has 0 fully saturated rings. The molecule has 0 spiro atoms. The molecule has 1 aliphatic rings. The first-order valence-corrected chi connectivity index (χ1v) is 6.57. The van der Waals surface area contributed by atoms with E-state index >= 15 is 0 Å². The van der Waals surface area contributed by atoms with Gasteiger partial charge in [-0.15, -0.1) is 0 Å². The highest BCUT2D eigenvalue weighted by Crippen LogP contribution is 2.31. The van der Waals surface area contributed by atoms with Crippen molar-refractivity contribution < 1.29 is 19.8 Å². The smallest absolute Gasteiger partial charge is 0.176 e. The van der Waals surface area contributed by atoms with Crippen molar-refractivity contribution in [3.05, 3.63) is 23.0 Å². The Hall–Kier alpha value is -1.42. The number of carbonyl (C=O) groups excluding carboxylic acids is 2. The number of hydrogen-bond acceptors (Lipinski definition) is 4. The van der Waals surface area contributed by atoms with E-state index in [1.165, 1.54) is 0 Å². The second kappa shape index (κ2) is 6.15. The molecule has 0 heterocycles. The van der Waals surface area contributed by atoms with Crippen molar-refractivity contribution in [2.24, 2.45) is 11.8 Å². The Morgan fingerprint density at radius 2 is 1.95 bits per heavy atom. The fraction of sp³-hybridized carbons (Fsp3) is 0.600. The summed E-state index contributed by atoms with van der Waals surface area (Å²) in [4.78, 5) is 24.1. The van der Waals surface area contributed by atoms with Crippen molar-refractivity contribution >= 4 is 11.6 Å². The van der Waals surface area contributed by atoms with Crippen LogP contribution in [0.4, 0.5) is 0 Å². The molecule has 4 heteroatoms. The first-order valence-electron chi connectivity index (χ1n) is 6.57. The van der Waals surface area contributed by atoms with E-state index in [2.05, 4.69) is 0 Å². The van der Waals surface area contributed by atoms with Crippen molar-refractivity contribution in [2.75, 3.05) is 0 Å². The second-order valence-electron chi connectivity index (χ2n) is 5.71. The molecule has 2 atom stereocenters. The van der Waals surface area contributed by atoms with Crippen molar-refractivity contribution in [2.45, 2.75) is 46.6 Å². The van der Waals surface area contributed by atoms with Crippen LogP contribution in [0.25, 0.3) is 0 Å². The maximum Gasteiger partial charge on any atom is 0.176 e. The van der Waals surface area contributed by atoms with Crippen LogP contribution in [0.1, 0.15) is 40.5 Å². The lowest BCUT2D eigenvalue weighted by atomic mass is 9.94. The van der Waals surface area contributed by atoms with Gasteiger partial charge in [-0.3, -0.25) is 9.59 Å². The minimum atomic E-state index is -1.26. The van der Waals surface area contributed by atoms with E-state index in [-0.39, 0.29) is 23.7 Å². The van der Waals surface area contributed by atoms with Crippen molar-refractivity contribution in [3.63, 3.8) is 0 Å². The average molecular weight is 266 g/mol. The van der Waals surface area contributed by atoms with Crippen LogP contribution in [-0.2, 0) is 9.59 Å². The van der Waals surface area contributed by atoms with Gasteiger partial charge in [-0.1, -0.05) is 25.5 Å². The predicted molar refractivity (Wildman–Crippen MR) is 72.7 cm³/mol. The van der Waals surface area contributed by atoms with E-state index in [0.29, 0.717) is 6.42 Å². The van der Waals surface area contributed by atoms with Crippen LogP contribution in [0.3, 0.4) is 0 Å². The summed E-state index contributed by atoms with van der Waals surface area (Å²) in [6, 6.07) is 0. The minimum absolute atomic E-state index is 0.106. The molecule has 4 nitrogen and oxygen atoms in total. The van der Waals surface area contributed by atoms with Crippen LogP contribution < -0.4 is 0 Å². The lowest BCUT2D eigenvalue weighted by molar-refractivity contribution is -0.124. The molecular weight excluding hydrogens is 244 g/mol. The highest BCUT2D eigenvalue weighted by molar-refractivity contribution is 6.23. The van der Waals surface area contributed by atoms with E-state index in [1.807, 2.05) is 33.8 Å². The number of allylic oxidation sites excluding steroid dienone is 3. The summed E-state index contributed by atoms with van der Waals surface area (Å²) in [6.07, 6.45) is 1.11. The average Bonchev–Trinajstić information content (AvgIpc) is 2.47. The molecule has 0 saturated carbocycles. The van der Waals surface area contributed by atoms with Gasteiger partial charge in [0.15, 0.2) is 11.6 Å². The zero-order valence-corrected chi connectivity index (χ0v) is 11.9. The predicted octanol–water partition coefficient (Wildman–Crippen LogP) is 2.33. The molecular formula is C15H22O4. The monoisotopic (exact) mass is 266 g/mol. The number of aliphatic hydroxyl groups excluding tert-OH is 2. The molecule has 0 unspecified atom stereocenters. The summed E-state index contributed by atoms with van der Waals surface area (Å²) >= 11 is 0. The fourth-order valence-corrected chi connectivity index (χ4v) is 2.15. The maximum absolute atomic E-state index is 12.1. The SMILES string of the molecule is CC(C)=CC[C@@H]1C(=O)C(C(=O)CC(C)C)=C(O)[C@@H]1O. The summed E-state index contributed by atoms with van der Waals surface area (Å²) < 4.78 is 0. The molecule has 106 valence electrons. The Morgan fingerprint density at radius 3 is 2.42 bits per heavy atom. The summed E-state index contributed by atoms with van der Waals surface area (Å²) in [5.41, 5.74) is 0.829. The fourth-order valence-electron chi connectivity index (χ4n) is 2.15. The summed E-state index contributed by atoms with van der Waals surface area (Å²) in [5.74, 6) is -1.90. The standard InChI is InChI=1S/C15H22O4/c1-8(2)5-6-10-13(17)12(15(19)14(10)18)11(16)7-9(3)4/h5,9-10,14,18-19H,6-7H2,1-4H3/t10-,14-/m1/s1. The third-order valence-corrected chi connectivity index (χ3v) is 3.15. The Labute approximate surface area is 113 Å². The third kappa shape index (κ3) is 3.53. The normalized spacial score (nSPS) is 23.2. The van der Waals surface area contributed by atoms with E-state index < -0.39 is 23.6 Å². The van der Waals surface area contributed by atoms with Gasteiger partial charge in [0.2, 0.25) is 0 Å². The van der Waals surface area contributed by atoms with Gasteiger partial charge in [0, 0.05) is 6.42 Å². The molecule has 19 heavy (non-hydrogen) atoms. The van der Waals surface area contributed by atoms with E-state index in [0.717, 1.165) is 5.57 Å². The molecule has 1 rings (SSSR count). The van der Waals surface area contributed by atoms with Crippen molar-refractivity contribution in [1.82, 2.24) is 0 Å². The van der Waals surface area contributed by atoms with Gasteiger partial charge in [0.25, 0.3) is 0 Å². The van der Waals surface area contributed by atoms with Gasteiger partial charge in [0.05, 0.1) is 5.92 Å². The zero-order chi connectivity index (χ0) is 14.7. The minimum Gasteiger partial charge on any atom is -0.509 e. The van der Waals surface area contributed by atoms with Crippen LogP contribution in [0.5, 0.6) is 0 Å². The summed E-state index contributed by atoms with van der Waals surface area (Å²) in [7, 11) is 0. The van der Waals surface area contributed by atoms with Crippen LogP contribution in [-0.4, -0.2) is 27.9 Å². The largest absolute Gasteiger partial charge is 0.509 e. The maximum atomic E-state index is 12.1. The number of hydrogen-bond donors (Lipinski definition) is 2. The van der Waals surface area contributed by atoms with Crippen LogP contribution >= 0.6 is 0 Å². The van der Waals surface area contributed by atoms with Gasteiger partial charge >= 0.3 is 0 Å². The molecule has 0 aromatic heterocycles. The molecule has 2 N–H and O–H groups in total. The Morgan fingerprint density at radius 1 is 1.37 bits per heavy atom.